The van der Waals surface area contributed by atoms with E-state index in [0.29, 0.717) is 16.2 Å². The molecule has 0 spiro atoms. The van der Waals surface area contributed by atoms with Crippen molar-refractivity contribution < 1.29 is 14.4 Å². The van der Waals surface area contributed by atoms with Crippen molar-refractivity contribution in [1.29, 1.82) is 0 Å². The Morgan fingerprint density at radius 2 is 1.85 bits per heavy atom. The van der Waals surface area contributed by atoms with Crippen molar-refractivity contribution in [2.45, 2.75) is 5.75 Å². The van der Waals surface area contributed by atoms with Crippen LogP contribution in [0.15, 0.2) is 30.3 Å². The maximum Gasteiger partial charge on any atom is 0.394 e. The number of hydrogen-bond acceptors (Lipinski definition) is 3. The molecular formula is C7H9O3PS2. The third kappa shape index (κ3) is 5.39. The molecule has 0 saturated carbocycles. The van der Waals surface area contributed by atoms with E-state index < -0.39 is 6.80 Å². The minimum absolute atomic E-state index is 0.608. The maximum atomic E-state index is 10.5. The second kappa shape index (κ2) is 5.08. The van der Waals surface area contributed by atoms with Gasteiger partial charge in [0.25, 0.3) is 0 Å². The van der Waals surface area contributed by atoms with E-state index in [0.717, 1.165) is 5.56 Å². The summed E-state index contributed by atoms with van der Waals surface area (Å²) in [6.45, 7) is -3.92. The van der Waals surface area contributed by atoms with Crippen LogP contribution >= 0.6 is 28.0 Å². The van der Waals surface area contributed by atoms with Gasteiger partial charge in [-0.3, -0.25) is 0 Å². The molecule has 72 valence electrons. The summed E-state index contributed by atoms with van der Waals surface area (Å²) in [4.78, 5) is 17.1. The highest BCUT2D eigenvalue weighted by Gasteiger charge is 2.13. The average molecular weight is 236 g/mol. The summed E-state index contributed by atoms with van der Waals surface area (Å²) in [5.74, 6) is 0.608. The van der Waals surface area contributed by atoms with Crippen LogP contribution in [0.3, 0.4) is 0 Å². The molecule has 3 nitrogen and oxygen atoms in total. The molecule has 0 fully saturated rings. The van der Waals surface area contributed by atoms with E-state index in [1.807, 2.05) is 30.3 Å². The molecule has 0 amide bonds. The van der Waals surface area contributed by atoms with E-state index in [1.165, 1.54) is 10.8 Å². The molecule has 0 unspecified atom stereocenters. The molecule has 0 radical (unpaired) electrons. The van der Waals surface area contributed by atoms with Gasteiger partial charge < -0.3 is 9.79 Å². The Bertz CT molecular complexity index is 298. The fraction of sp³-hybridized carbons (Fsp3) is 0.143. The van der Waals surface area contributed by atoms with Crippen LogP contribution in [-0.2, 0) is 10.3 Å². The molecule has 0 aliphatic carbocycles. The smallest absolute Gasteiger partial charge is 0.316 e. The lowest BCUT2D eigenvalue weighted by atomic mass is 10.2. The summed E-state index contributed by atoms with van der Waals surface area (Å²) in [6, 6.07) is 9.56. The zero-order valence-electron chi connectivity index (χ0n) is 6.66. The largest absolute Gasteiger partial charge is 0.394 e. The van der Waals surface area contributed by atoms with E-state index in [9.17, 15) is 4.57 Å². The predicted molar refractivity (Wildman–Crippen MR) is 57.4 cm³/mol. The Kier molecular flexibility index (Phi) is 4.35. The van der Waals surface area contributed by atoms with Crippen LogP contribution in [0, 0.1) is 0 Å². The molecule has 6 heteroatoms. The van der Waals surface area contributed by atoms with Gasteiger partial charge in [0.05, 0.1) is 0 Å². The van der Waals surface area contributed by atoms with Crippen molar-refractivity contribution in [3.05, 3.63) is 35.9 Å². The van der Waals surface area contributed by atoms with Crippen LogP contribution < -0.4 is 0 Å². The first-order valence-electron chi connectivity index (χ1n) is 3.48. The zero-order chi connectivity index (χ0) is 9.73. The van der Waals surface area contributed by atoms with Gasteiger partial charge >= 0.3 is 6.80 Å². The van der Waals surface area contributed by atoms with Crippen LogP contribution in [0.25, 0.3) is 0 Å². The minimum Gasteiger partial charge on any atom is -0.316 e. The maximum absolute atomic E-state index is 10.5. The minimum atomic E-state index is -3.92. The molecule has 0 bridgehead atoms. The van der Waals surface area contributed by atoms with Crippen molar-refractivity contribution >= 4 is 28.0 Å². The molecule has 2 N–H and O–H groups in total. The monoisotopic (exact) mass is 236 g/mol. The third-order valence-electron chi connectivity index (χ3n) is 1.22. The van der Waals surface area contributed by atoms with E-state index in [2.05, 4.69) is 0 Å². The average Bonchev–Trinajstić information content (AvgIpc) is 2.04. The molecule has 13 heavy (non-hydrogen) atoms. The summed E-state index contributed by atoms with van der Waals surface area (Å²) in [5.41, 5.74) is 1.06. The van der Waals surface area contributed by atoms with E-state index in [-0.39, 0.29) is 0 Å². The summed E-state index contributed by atoms with van der Waals surface area (Å²) in [6.07, 6.45) is 0. The predicted octanol–water partition coefficient (Wildman–Crippen LogP) is 2.66. The first-order chi connectivity index (χ1) is 6.08. The van der Waals surface area contributed by atoms with Gasteiger partial charge in [-0.2, -0.15) is 0 Å². The lowest BCUT2D eigenvalue weighted by molar-refractivity contribution is 0.397. The molecule has 0 aliphatic heterocycles. The van der Waals surface area contributed by atoms with Crippen LogP contribution in [0.5, 0.6) is 0 Å². The molecule has 0 aliphatic rings. The summed E-state index contributed by atoms with van der Waals surface area (Å²) in [5, 5.41) is 0. The van der Waals surface area contributed by atoms with Crippen molar-refractivity contribution in [3.63, 3.8) is 0 Å². The highest BCUT2D eigenvalue weighted by molar-refractivity contribution is 8.98. The topological polar surface area (TPSA) is 57.5 Å². The quantitative estimate of drug-likeness (QED) is 0.621. The summed E-state index contributed by atoms with van der Waals surface area (Å²) < 4.78 is 10.5. The Balaban J connectivity index is 2.33. The molecular weight excluding hydrogens is 227 g/mol. The van der Waals surface area contributed by atoms with E-state index in [1.54, 1.807) is 0 Å². The first-order valence-corrected chi connectivity index (χ1v) is 8.02. The molecule has 0 atom stereocenters. The van der Waals surface area contributed by atoms with E-state index in [4.69, 9.17) is 9.79 Å². The second-order valence-electron chi connectivity index (χ2n) is 2.31. The highest BCUT2D eigenvalue weighted by Crippen LogP contribution is 2.57. The fourth-order valence-corrected chi connectivity index (χ4v) is 3.94. The summed E-state index contributed by atoms with van der Waals surface area (Å²) in [7, 11) is 1.78. The zero-order valence-corrected chi connectivity index (χ0v) is 9.19. The number of hydrogen-bond donors (Lipinski definition) is 2. The first kappa shape index (κ1) is 11.1. The van der Waals surface area contributed by atoms with Gasteiger partial charge in [-0.25, -0.2) is 4.57 Å². The number of rotatable bonds is 4. The van der Waals surface area contributed by atoms with Crippen LogP contribution in [0.2, 0.25) is 0 Å². The van der Waals surface area contributed by atoms with Crippen LogP contribution in [0.1, 0.15) is 5.56 Å². The van der Waals surface area contributed by atoms with Crippen molar-refractivity contribution in [2.75, 3.05) is 0 Å². The van der Waals surface area contributed by atoms with Gasteiger partial charge in [-0.15, -0.1) is 0 Å². The number of benzene rings is 1. The molecule has 0 saturated heterocycles. The third-order valence-corrected chi connectivity index (χ3v) is 5.92. The standard InChI is InChI=1S/C7H9O3PS2/c8-11(9,10)13-12-6-7-4-2-1-3-5-7/h1-5H,6H2,(H2,8,9,10). The fourth-order valence-electron chi connectivity index (χ4n) is 0.737. The Morgan fingerprint density at radius 1 is 1.23 bits per heavy atom. The van der Waals surface area contributed by atoms with Crippen LogP contribution in [0.4, 0.5) is 0 Å². The van der Waals surface area contributed by atoms with Gasteiger partial charge in [0.2, 0.25) is 0 Å². The lowest BCUT2D eigenvalue weighted by Crippen LogP contribution is -1.75. The van der Waals surface area contributed by atoms with E-state index >= 15 is 0 Å². The van der Waals surface area contributed by atoms with Crippen molar-refractivity contribution in [2.24, 2.45) is 0 Å². The Morgan fingerprint density at radius 3 is 2.38 bits per heavy atom. The lowest BCUT2D eigenvalue weighted by Gasteiger charge is -2.01. The van der Waals surface area contributed by atoms with Gasteiger partial charge in [-0.1, -0.05) is 41.1 Å². The highest BCUT2D eigenvalue weighted by atomic mass is 33.3. The van der Waals surface area contributed by atoms with Gasteiger partial charge in [0, 0.05) is 16.2 Å². The molecule has 0 aromatic heterocycles. The summed E-state index contributed by atoms with van der Waals surface area (Å²) >= 11 is 0. The second-order valence-corrected chi connectivity index (χ2v) is 7.89. The van der Waals surface area contributed by atoms with Crippen molar-refractivity contribution in [1.82, 2.24) is 0 Å². The van der Waals surface area contributed by atoms with Crippen LogP contribution in [-0.4, -0.2) is 9.79 Å². The van der Waals surface area contributed by atoms with Gasteiger partial charge in [0.1, 0.15) is 0 Å². The SMILES string of the molecule is O=P(O)(O)SSCc1ccccc1. The van der Waals surface area contributed by atoms with Gasteiger partial charge in [0.15, 0.2) is 0 Å². The Labute approximate surface area is 84.2 Å². The van der Waals surface area contributed by atoms with Crippen molar-refractivity contribution in [3.8, 4) is 0 Å². The molecule has 1 rings (SSSR count). The molecule has 0 heterocycles. The Hall–Kier alpha value is 0.0700. The normalized spacial score (nSPS) is 11.5. The molecule has 1 aromatic carbocycles. The molecule has 1 aromatic rings. The van der Waals surface area contributed by atoms with Gasteiger partial charge in [-0.05, 0) is 5.56 Å².